The zero-order valence-electron chi connectivity index (χ0n) is 22.4. The normalized spacial score (nSPS) is 14.5. The number of methoxy groups -OCH3 is 1. The summed E-state index contributed by atoms with van der Waals surface area (Å²) in [7, 11) is -2.13. The topological polar surface area (TPSA) is 92.7 Å². The Kier molecular flexibility index (Phi) is 8.70. The van der Waals surface area contributed by atoms with Gasteiger partial charge in [0.1, 0.15) is 11.3 Å². The van der Waals surface area contributed by atoms with Crippen molar-refractivity contribution in [2.45, 2.75) is 56.5 Å². The van der Waals surface area contributed by atoms with Crippen LogP contribution in [-0.4, -0.2) is 48.3 Å². The molecule has 40 heavy (non-hydrogen) atoms. The van der Waals surface area contributed by atoms with Crippen molar-refractivity contribution >= 4 is 54.2 Å². The van der Waals surface area contributed by atoms with Gasteiger partial charge in [-0.25, -0.2) is 13.4 Å². The summed E-state index contributed by atoms with van der Waals surface area (Å²) < 4.78 is 34.8. The molecule has 0 aliphatic heterocycles. The van der Waals surface area contributed by atoms with E-state index in [0.717, 1.165) is 32.1 Å². The predicted octanol–water partition coefficient (Wildman–Crippen LogP) is 6.54. The summed E-state index contributed by atoms with van der Waals surface area (Å²) in [6.07, 6.45) is 6.65. The van der Waals surface area contributed by atoms with Crippen LogP contribution in [-0.2, 0) is 16.6 Å². The number of benzene rings is 2. The van der Waals surface area contributed by atoms with Crippen LogP contribution in [0.5, 0.6) is 5.75 Å². The molecule has 1 amide bonds. The maximum atomic E-state index is 13.9. The van der Waals surface area contributed by atoms with Gasteiger partial charge in [-0.3, -0.25) is 14.7 Å². The van der Waals surface area contributed by atoms with E-state index in [-0.39, 0.29) is 23.4 Å². The first-order chi connectivity index (χ1) is 19.3. The van der Waals surface area contributed by atoms with Gasteiger partial charge in [-0.15, -0.1) is 0 Å². The van der Waals surface area contributed by atoms with Crippen LogP contribution in [0.15, 0.2) is 65.7 Å². The number of thiazole rings is 1. The van der Waals surface area contributed by atoms with Gasteiger partial charge in [0, 0.05) is 24.3 Å². The first-order valence-corrected chi connectivity index (χ1v) is 15.9. The number of halogens is 1. The number of fused-ring (bicyclic) bond motifs is 1. The Morgan fingerprint density at radius 1 is 1.07 bits per heavy atom. The lowest BCUT2D eigenvalue weighted by molar-refractivity contribution is 0.0984. The van der Waals surface area contributed by atoms with Crippen molar-refractivity contribution in [1.82, 2.24) is 14.3 Å². The lowest BCUT2D eigenvalue weighted by Crippen LogP contribution is -2.41. The maximum Gasteiger partial charge on any atom is 0.260 e. The molecule has 4 aromatic rings. The number of anilines is 1. The number of hydrogen-bond donors (Lipinski definition) is 0. The number of hydrogen-bond acceptors (Lipinski definition) is 7. The first kappa shape index (κ1) is 28.5. The zero-order valence-corrected chi connectivity index (χ0v) is 24.8. The highest BCUT2D eigenvalue weighted by Crippen LogP contribution is 2.39. The summed E-state index contributed by atoms with van der Waals surface area (Å²) in [5.41, 5.74) is 1.59. The zero-order chi connectivity index (χ0) is 28.3. The van der Waals surface area contributed by atoms with E-state index in [1.54, 1.807) is 41.9 Å². The summed E-state index contributed by atoms with van der Waals surface area (Å²) in [5, 5.41) is 0.945. The lowest BCUT2D eigenvalue weighted by Gasteiger charge is -2.32. The molecule has 0 atom stereocenters. The number of amides is 1. The van der Waals surface area contributed by atoms with Crippen LogP contribution < -0.4 is 9.64 Å². The molecule has 0 radical (unpaired) electrons. The summed E-state index contributed by atoms with van der Waals surface area (Å²) in [5.74, 6) is 0.225. The lowest BCUT2D eigenvalue weighted by atomic mass is 9.95. The smallest absolute Gasteiger partial charge is 0.260 e. The van der Waals surface area contributed by atoms with E-state index in [9.17, 15) is 13.2 Å². The molecule has 11 heteroatoms. The van der Waals surface area contributed by atoms with Crippen molar-refractivity contribution in [2.75, 3.05) is 18.6 Å². The maximum absolute atomic E-state index is 13.9. The molecule has 1 aliphatic rings. The van der Waals surface area contributed by atoms with Crippen molar-refractivity contribution in [3.05, 3.63) is 77.1 Å². The third kappa shape index (κ3) is 5.72. The molecule has 0 spiro atoms. The molecule has 1 fully saturated rings. The Morgan fingerprint density at radius 2 is 1.82 bits per heavy atom. The summed E-state index contributed by atoms with van der Waals surface area (Å²) in [4.78, 5) is 24.7. The molecule has 8 nitrogen and oxygen atoms in total. The molecule has 210 valence electrons. The van der Waals surface area contributed by atoms with Crippen LogP contribution in [0.1, 0.15) is 55.1 Å². The third-order valence-corrected chi connectivity index (χ3v) is 10.8. The van der Waals surface area contributed by atoms with Gasteiger partial charge in [-0.05, 0) is 61.4 Å². The molecule has 2 aromatic carbocycles. The van der Waals surface area contributed by atoms with Gasteiger partial charge in [0.2, 0.25) is 10.0 Å². The van der Waals surface area contributed by atoms with E-state index in [1.807, 2.05) is 25.1 Å². The summed E-state index contributed by atoms with van der Waals surface area (Å²) >= 11 is 7.74. The number of carbonyl (C=O) groups excluding carboxylic acids is 1. The summed E-state index contributed by atoms with van der Waals surface area (Å²) in [6, 6.07) is 15.2. The number of sulfonamides is 1. The quantitative estimate of drug-likeness (QED) is 0.217. The van der Waals surface area contributed by atoms with Crippen LogP contribution in [0, 0.1) is 0 Å². The minimum atomic E-state index is -3.68. The van der Waals surface area contributed by atoms with E-state index in [0.29, 0.717) is 43.9 Å². The predicted molar refractivity (Wildman–Crippen MR) is 159 cm³/mol. The minimum absolute atomic E-state index is 0.0155. The van der Waals surface area contributed by atoms with E-state index >= 15 is 0 Å². The van der Waals surface area contributed by atoms with Crippen LogP contribution in [0.4, 0.5) is 5.13 Å². The molecular weight excluding hydrogens is 568 g/mol. The molecule has 2 heterocycles. The highest BCUT2D eigenvalue weighted by atomic mass is 35.5. The molecule has 1 aliphatic carbocycles. The van der Waals surface area contributed by atoms with E-state index in [4.69, 9.17) is 21.3 Å². The van der Waals surface area contributed by atoms with Crippen molar-refractivity contribution < 1.29 is 17.9 Å². The first-order valence-electron chi connectivity index (χ1n) is 13.3. The number of nitrogens with zero attached hydrogens (tertiary/aromatic N) is 4. The number of carbonyl (C=O) groups is 1. The van der Waals surface area contributed by atoms with Gasteiger partial charge in [-0.2, -0.15) is 4.31 Å². The standard InChI is InChI=1S/C29H31ClN4O4S2/c1-3-34(22-10-5-4-6-11-22)40(36,37)23-14-12-20(13-15-23)28(35)33(19-21-9-7-8-18-31-21)29-32-26-25(38-2)17-16-24(30)27(26)39-29/h7-9,12-18,22H,3-6,10-11,19H2,1-2H3. The monoisotopic (exact) mass is 598 g/mol. The van der Waals surface area contributed by atoms with Gasteiger partial charge in [-0.1, -0.05) is 55.2 Å². The average Bonchev–Trinajstić information content (AvgIpc) is 3.43. The van der Waals surface area contributed by atoms with Gasteiger partial charge in [0.15, 0.2) is 5.13 Å². The van der Waals surface area contributed by atoms with Gasteiger partial charge < -0.3 is 4.74 Å². The van der Waals surface area contributed by atoms with Crippen molar-refractivity contribution in [3.63, 3.8) is 0 Å². The van der Waals surface area contributed by atoms with E-state index < -0.39 is 10.0 Å². The Hall–Kier alpha value is -3.05. The van der Waals surface area contributed by atoms with Crippen molar-refractivity contribution in [1.29, 1.82) is 0 Å². The van der Waals surface area contributed by atoms with E-state index in [1.165, 1.54) is 28.4 Å². The molecule has 1 saturated carbocycles. The number of rotatable bonds is 9. The van der Waals surface area contributed by atoms with Gasteiger partial charge in [0.05, 0.1) is 34.0 Å². The molecule has 0 saturated heterocycles. The van der Waals surface area contributed by atoms with Crippen LogP contribution in [0.3, 0.4) is 0 Å². The molecule has 5 rings (SSSR count). The fourth-order valence-electron chi connectivity index (χ4n) is 5.16. The second kappa shape index (κ2) is 12.2. The second-order valence-electron chi connectivity index (χ2n) is 9.66. The fraction of sp³-hybridized carbons (Fsp3) is 0.345. The number of ether oxygens (including phenoxy) is 1. The van der Waals surface area contributed by atoms with Crippen LogP contribution >= 0.6 is 22.9 Å². The molecule has 0 unspecified atom stereocenters. The average molecular weight is 599 g/mol. The van der Waals surface area contributed by atoms with Crippen molar-refractivity contribution in [2.24, 2.45) is 0 Å². The third-order valence-electron chi connectivity index (χ3n) is 7.19. The minimum Gasteiger partial charge on any atom is -0.494 e. The molecule has 0 bridgehead atoms. The Balaban J connectivity index is 1.48. The van der Waals surface area contributed by atoms with Crippen LogP contribution in [0.2, 0.25) is 5.02 Å². The molecule has 2 aromatic heterocycles. The Morgan fingerprint density at radius 3 is 2.48 bits per heavy atom. The number of aromatic nitrogens is 2. The molecule has 0 N–H and O–H groups in total. The van der Waals surface area contributed by atoms with Gasteiger partial charge in [0.25, 0.3) is 5.91 Å². The Bertz CT molecular complexity index is 1590. The summed E-state index contributed by atoms with van der Waals surface area (Å²) in [6.45, 7) is 2.46. The Labute approximate surface area is 243 Å². The fourth-order valence-corrected chi connectivity index (χ4v) is 8.10. The largest absolute Gasteiger partial charge is 0.494 e. The van der Waals surface area contributed by atoms with Crippen LogP contribution in [0.25, 0.3) is 10.2 Å². The highest BCUT2D eigenvalue weighted by Gasteiger charge is 2.31. The van der Waals surface area contributed by atoms with E-state index in [2.05, 4.69) is 4.98 Å². The van der Waals surface area contributed by atoms with Gasteiger partial charge >= 0.3 is 0 Å². The highest BCUT2D eigenvalue weighted by molar-refractivity contribution is 7.89. The molecular formula is C29H31ClN4O4S2. The second-order valence-corrected chi connectivity index (χ2v) is 12.9. The number of pyridine rings is 1. The SMILES string of the molecule is CCN(C1CCCCC1)S(=O)(=O)c1ccc(C(=O)N(Cc2ccccn2)c2nc3c(OC)ccc(Cl)c3s2)cc1. The van der Waals surface area contributed by atoms with Crippen molar-refractivity contribution in [3.8, 4) is 5.75 Å².